The van der Waals surface area contributed by atoms with Gasteiger partial charge < -0.3 is 9.47 Å². The third kappa shape index (κ3) is 2.93. The van der Waals surface area contributed by atoms with Crippen LogP contribution in [0.15, 0.2) is 28.9 Å². The number of halogens is 1. The molecule has 1 heterocycles. The quantitative estimate of drug-likeness (QED) is 0.790. The Hall–Kier alpha value is -1.62. The summed E-state index contributed by atoms with van der Waals surface area (Å²) in [5.41, 5.74) is 1.62. The molecule has 0 amide bonds. The van der Waals surface area contributed by atoms with Crippen molar-refractivity contribution in [3.8, 4) is 22.8 Å². The van der Waals surface area contributed by atoms with Crippen molar-refractivity contribution in [3.05, 3.63) is 34.7 Å². The highest BCUT2D eigenvalue weighted by atomic mass is 79.9. The molecule has 20 heavy (non-hydrogen) atoms. The lowest BCUT2D eigenvalue weighted by Gasteiger charge is -2.14. The Morgan fingerprint density at radius 2 is 1.65 bits per heavy atom. The van der Waals surface area contributed by atoms with Crippen LogP contribution in [-0.2, 0) is 0 Å². The Bertz CT molecular complexity index is 593. The molecule has 0 aliphatic rings. The van der Waals surface area contributed by atoms with Crippen LogP contribution in [0.3, 0.4) is 0 Å². The highest BCUT2D eigenvalue weighted by Crippen LogP contribution is 2.38. The van der Waals surface area contributed by atoms with Crippen molar-refractivity contribution in [2.24, 2.45) is 0 Å². The summed E-state index contributed by atoms with van der Waals surface area (Å²) >= 11 is 3.44. The van der Waals surface area contributed by atoms with Gasteiger partial charge in [-0.1, -0.05) is 19.9 Å². The average Bonchev–Trinajstić information content (AvgIpc) is 2.45. The highest BCUT2D eigenvalue weighted by molar-refractivity contribution is 9.10. The average molecular weight is 337 g/mol. The molecule has 2 aromatic rings. The van der Waals surface area contributed by atoms with Crippen LogP contribution in [0.25, 0.3) is 11.3 Å². The van der Waals surface area contributed by atoms with Crippen molar-refractivity contribution >= 4 is 15.9 Å². The van der Waals surface area contributed by atoms with Gasteiger partial charge in [-0.25, -0.2) is 9.97 Å². The maximum Gasteiger partial charge on any atom is 0.132 e. The molecule has 0 fully saturated rings. The second kappa shape index (κ2) is 6.22. The van der Waals surface area contributed by atoms with E-state index in [0.717, 1.165) is 33.2 Å². The van der Waals surface area contributed by atoms with Gasteiger partial charge in [0.15, 0.2) is 0 Å². The minimum absolute atomic E-state index is 0.243. The zero-order valence-corrected chi connectivity index (χ0v) is 13.6. The van der Waals surface area contributed by atoms with Gasteiger partial charge in [0, 0.05) is 5.92 Å². The van der Waals surface area contributed by atoms with Crippen molar-refractivity contribution < 1.29 is 9.47 Å². The summed E-state index contributed by atoms with van der Waals surface area (Å²) in [6.07, 6.45) is 0. The lowest BCUT2D eigenvalue weighted by atomic mass is 10.1. The first-order valence-corrected chi connectivity index (χ1v) is 7.12. The van der Waals surface area contributed by atoms with E-state index >= 15 is 0 Å². The molecule has 0 spiro atoms. The lowest BCUT2D eigenvalue weighted by Crippen LogP contribution is -2.01. The molecular weight excluding hydrogens is 320 g/mol. The predicted molar refractivity (Wildman–Crippen MR) is 82.4 cm³/mol. The summed E-state index contributed by atoms with van der Waals surface area (Å²) in [4.78, 5) is 9.01. The smallest absolute Gasteiger partial charge is 0.132 e. The van der Waals surface area contributed by atoms with Gasteiger partial charge in [-0.2, -0.15) is 0 Å². The maximum absolute atomic E-state index is 5.43. The molecule has 0 radical (unpaired) electrons. The standard InChI is InChI=1S/C15H17BrN2O2/c1-9(2)15-17-10(8-13(16)18-15)14-11(19-3)6-5-7-12(14)20-4/h5-9H,1-4H3. The van der Waals surface area contributed by atoms with Crippen LogP contribution in [0.2, 0.25) is 0 Å². The van der Waals surface area contributed by atoms with E-state index in [1.807, 2.05) is 24.3 Å². The molecule has 0 aliphatic heterocycles. The fourth-order valence-electron chi connectivity index (χ4n) is 1.93. The van der Waals surface area contributed by atoms with Crippen LogP contribution in [0.1, 0.15) is 25.6 Å². The van der Waals surface area contributed by atoms with Gasteiger partial charge in [-0.15, -0.1) is 0 Å². The third-order valence-corrected chi connectivity index (χ3v) is 3.32. The summed E-state index contributed by atoms with van der Waals surface area (Å²) < 4.78 is 11.6. The van der Waals surface area contributed by atoms with Crippen LogP contribution >= 0.6 is 15.9 Å². The fourth-order valence-corrected chi connectivity index (χ4v) is 2.32. The molecule has 106 valence electrons. The highest BCUT2D eigenvalue weighted by Gasteiger charge is 2.16. The normalized spacial score (nSPS) is 10.7. The minimum Gasteiger partial charge on any atom is -0.496 e. The fraction of sp³-hybridized carbons (Fsp3) is 0.333. The van der Waals surface area contributed by atoms with E-state index in [2.05, 4.69) is 39.7 Å². The van der Waals surface area contributed by atoms with Crippen molar-refractivity contribution in [1.82, 2.24) is 9.97 Å². The van der Waals surface area contributed by atoms with Gasteiger partial charge >= 0.3 is 0 Å². The summed E-state index contributed by atoms with van der Waals surface area (Å²) in [6.45, 7) is 4.12. The molecular formula is C15H17BrN2O2. The van der Waals surface area contributed by atoms with Crippen LogP contribution in [0, 0.1) is 0 Å². The zero-order chi connectivity index (χ0) is 14.7. The number of rotatable bonds is 4. The van der Waals surface area contributed by atoms with E-state index in [1.165, 1.54) is 0 Å². The van der Waals surface area contributed by atoms with Gasteiger partial charge in [0.2, 0.25) is 0 Å². The Kier molecular flexibility index (Phi) is 4.60. The van der Waals surface area contributed by atoms with E-state index < -0.39 is 0 Å². The maximum atomic E-state index is 5.43. The van der Waals surface area contributed by atoms with Crippen LogP contribution < -0.4 is 9.47 Å². The SMILES string of the molecule is COc1cccc(OC)c1-c1cc(Br)nc(C(C)C)n1. The first-order valence-electron chi connectivity index (χ1n) is 6.32. The minimum atomic E-state index is 0.243. The number of methoxy groups -OCH3 is 2. The molecule has 1 aromatic heterocycles. The number of nitrogens with zero attached hydrogens (tertiary/aromatic N) is 2. The molecule has 0 unspecified atom stereocenters. The molecule has 0 saturated carbocycles. The third-order valence-electron chi connectivity index (χ3n) is 2.91. The van der Waals surface area contributed by atoms with Crippen molar-refractivity contribution in [2.75, 3.05) is 14.2 Å². The first-order chi connectivity index (χ1) is 9.56. The van der Waals surface area contributed by atoms with Crippen LogP contribution in [0.4, 0.5) is 0 Å². The van der Waals surface area contributed by atoms with E-state index in [-0.39, 0.29) is 5.92 Å². The van der Waals surface area contributed by atoms with Gasteiger partial charge in [-0.3, -0.25) is 0 Å². The summed E-state index contributed by atoms with van der Waals surface area (Å²) in [5.74, 6) is 2.48. The summed E-state index contributed by atoms with van der Waals surface area (Å²) in [5, 5.41) is 0. The molecule has 0 N–H and O–H groups in total. The molecule has 0 atom stereocenters. The topological polar surface area (TPSA) is 44.2 Å². The van der Waals surface area contributed by atoms with E-state index in [0.29, 0.717) is 0 Å². The van der Waals surface area contributed by atoms with Crippen molar-refractivity contribution in [1.29, 1.82) is 0 Å². The van der Waals surface area contributed by atoms with E-state index in [9.17, 15) is 0 Å². The first kappa shape index (κ1) is 14.8. The second-order valence-corrected chi connectivity index (χ2v) is 5.44. The largest absolute Gasteiger partial charge is 0.496 e. The number of benzene rings is 1. The van der Waals surface area contributed by atoms with Crippen LogP contribution in [0.5, 0.6) is 11.5 Å². The lowest BCUT2D eigenvalue weighted by molar-refractivity contribution is 0.397. The molecule has 0 bridgehead atoms. The summed E-state index contributed by atoms with van der Waals surface area (Å²) in [7, 11) is 3.27. The number of aromatic nitrogens is 2. The molecule has 0 saturated heterocycles. The number of hydrogen-bond acceptors (Lipinski definition) is 4. The Balaban J connectivity index is 2.67. The zero-order valence-electron chi connectivity index (χ0n) is 12.0. The van der Waals surface area contributed by atoms with Crippen molar-refractivity contribution in [3.63, 3.8) is 0 Å². The Morgan fingerprint density at radius 3 is 2.15 bits per heavy atom. The second-order valence-electron chi connectivity index (χ2n) is 4.63. The monoisotopic (exact) mass is 336 g/mol. The number of ether oxygens (including phenoxy) is 2. The number of hydrogen-bond donors (Lipinski definition) is 0. The van der Waals surface area contributed by atoms with Crippen molar-refractivity contribution in [2.45, 2.75) is 19.8 Å². The Labute approximate surface area is 127 Å². The predicted octanol–water partition coefficient (Wildman–Crippen LogP) is 4.05. The van der Waals surface area contributed by atoms with Gasteiger partial charge in [0.25, 0.3) is 0 Å². The van der Waals surface area contributed by atoms with Crippen LogP contribution in [-0.4, -0.2) is 24.2 Å². The van der Waals surface area contributed by atoms with E-state index in [1.54, 1.807) is 14.2 Å². The Morgan fingerprint density at radius 1 is 1.05 bits per heavy atom. The molecule has 1 aromatic carbocycles. The molecule has 0 aliphatic carbocycles. The molecule has 5 heteroatoms. The molecule has 2 rings (SSSR count). The van der Waals surface area contributed by atoms with E-state index in [4.69, 9.17) is 9.47 Å². The van der Waals surface area contributed by atoms with Gasteiger partial charge in [0.05, 0.1) is 25.5 Å². The van der Waals surface area contributed by atoms with Gasteiger partial charge in [-0.05, 0) is 34.1 Å². The summed E-state index contributed by atoms with van der Waals surface area (Å²) in [6, 6.07) is 7.54. The molecule has 4 nitrogen and oxygen atoms in total. The van der Waals surface area contributed by atoms with Gasteiger partial charge in [0.1, 0.15) is 21.9 Å².